The van der Waals surface area contributed by atoms with Crippen LogP contribution in [0.2, 0.25) is 10.0 Å². The number of benzene rings is 1. The summed E-state index contributed by atoms with van der Waals surface area (Å²) >= 11 is 15.2. The van der Waals surface area contributed by atoms with Gasteiger partial charge >= 0.3 is 0 Å². The highest BCUT2D eigenvalue weighted by molar-refractivity contribution is 7.98. The van der Waals surface area contributed by atoms with Gasteiger partial charge in [-0.25, -0.2) is 0 Å². The molecule has 0 radical (unpaired) electrons. The second-order valence-corrected chi connectivity index (χ2v) is 7.72. The molecule has 3 heterocycles. The third-order valence-corrected chi connectivity index (χ3v) is 5.66. The lowest BCUT2D eigenvalue weighted by atomic mass is 10.2. The Balaban J connectivity index is 1.53. The van der Waals surface area contributed by atoms with Gasteiger partial charge in [0.2, 0.25) is 5.16 Å². The summed E-state index contributed by atoms with van der Waals surface area (Å²) in [5.41, 5.74) is 0.975. The molecule has 0 N–H and O–H groups in total. The first-order chi connectivity index (χ1) is 12.2. The predicted octanol–water partition coefficient (Wildman–Crippen LogP) is 4.47. The van der Waals surface area contributed by atoms with E-state index in [1.165, 1.54) is 11.8 Å². The third kappa shape index (κ3) is 3.57. The van der Waals surface area contributed by atoms with Crippen LogP contribution in [-0.4, -0.2) is 30.7 Å². The maximum absolute atomic E-state index is 6.20. The van der Waals surface area contributed by atoms with Crippen molar-refractivity contribution in [2.75, 3.05) is 0 Å². The molecule has 6 nitrogen and oxygen atoms in total. The highest BCUT2D eigenvalue weighted by Crippen LogP contribution is 2.27. The highest BCUT2D eigenvalue weighted by Gasteiger charge is 2.12. The summed E-state index contributed by atoms with van der Waals surface area (Å²) < 4.78 is 3.24. The lowest BCUT2D eigenvalue weighted by Crippen LogP contribution is -1.90. The lowest BCUT2D eigenvalue weighted by molar-refractivity contribution is 0.816. The molecule has 0 fully saturated rings. The summed E-state index contributed by atoms with van der Waals surface area (Å²) in [6, 6.07) is 9.41. The minimum Gasteiger partial charge on any atom is -0.184 e. The molecule has 0 unspecified atom stereocenters. The first-order valence-electron chi connectivity index (χ1n) is 7.14. The molecule has 25 heavy (non-hydrogen) atoms. The molecule has 0 amide bonds. The molecule has 0 saturated carbocycles. The van der Waals surface area contributed by atoms with Crippen LogP contribution < -0.4 is 0 Å². The van der Waals surface area contributed by atoms with Crippen LogP contribution in [0.25, 0.3) is 5.78 Å². The summed E-state index contributed by atoms with van der Waals surface area (Å²) in [7, 11) is 0. The maximum Gasteiger partial charge on any atom is 0.275 e. The number of fused-ring (bicyclic) bond motifs is 1. The van der Waals surface area contributed by atoms with Gasteiger partial charge in [0.15, 0.2) is 0 Å². The standard InChI is InChI=1S/C15H10Cl2N6S2/c16-11-4-3-10(13(17)6-11)8-25-15-21-20-14-22(9-19-23(14)15)18-7-12-2-1-5-24-12/h1-7,9H,8H2. The van der Waals surface area contributed by atoms with Gasteiger partial charge < -0.3 is 0 Å². The van der Waals surface area contributed by atoms with E-state index in [0.29, 0.717) is 26.7 Å². The Bertz CT molecular complexity index is 1040. The first kappa shape index (κ1) is 16.6. The second-order valence-electron chi connectivity index (χ2n) is 4.95. The van der Waals surface area contributed by atoms with Crippen molar-refractivity contribution in [3.8, 4) is 0 Å². The summed E-state index contributed by atoms with van der Waals surface area (Å²) in [5.74, 6) is 1.19. The Labute approximate surface area is 161 Å². The fourth-order valence-corrected chi connectivity index (χ4v) is 4.11. The van der Waals surface area contributed by atoms with Crippen molar-refractivity contribution in [1.29, 1.82) is 0 Å². The van der Waals surface area contributed by atoms with Crippen molar-refractivity contribution in [3.63, 3.8) is 0 Å². The van der Waals surface area contributed by atoms with Gasteiger partial charge in [-0.05, 0) is 29.1 Å². The molecule has 0 saturated heterocycles. The Morgan fingerprint density at radius 2 is 2.16 bits per heavy atom. The molecule has 0 atom stereocenters. The number of hydrogen-bond acceptors (Lipinski definition) is 6. The van der Waals surface area contributed by atoms with Crippen LogP contribution >= 0.6 is 46.3 Å². The molecule has 126 valence electrons. The number of aromatic nitrogens is 5. The summed E-state index contributed by atoms with van der Waals surface area (Å²) in [4.78, 5) is 1.05. The molecule has 0 aliphatic heterocycles. The van der Waals surface area contributed by atoms with Crippen molar-refractivity contribution in [2.24, 2.45) is 5.10 Å². The van der Waals surface area contributed by atoms with E-state index in [1.807, 2.05) is 29.6 Å². The first-order valence-corrected chi connectivity index (χ1v) is 9.76. The summed E-state index contributed by atoms with van der Waals surface area (Å²) in [6.07, 6.45) is 3.37. The average Bonchev–Trinajstić information content (AvgIpc) is 3.31. The van der Waals surface area contributed by atoms with E-state index in [9.17, 15) is 0 Å². The van der Waals surface area contributed by atoms with Gasteiger partial charge in [-0.3, -0.25) is 0 Å². The minimum atomic E-state index is 0.553. The molecular weight excluding hydrogens is 399 g/mol. The average molecular weight is 409 g/mol. The van der Waals surface area contributed by atoms with E-state index in [4.69, 9.17) is 23.2 Å². The fraction of sp³-hybridized carbons (Fsp3) is 0.0667. The number of hydrogen-bond donors (Lipinski definition) is 0. The van der Waals surface area contributed by atoms with Gasteiger partial charge in [-0.1, -0.05) is 47.1 Å². The van der Waals surface area contributed by atoms with E-state index in [1.54, 1.807) is 39.1 Å². The Morgan fingerprint density at radius 1 is 1.24 bits per heavy atom. The number of nitrogens with zero attached hydrogens (tertiary/aromatic N) is 6. The molecule has 0 aliphatic rings. The Hall–Kier alpha value is -1.87. The zero-order valence-electron chi connectivity index (χ0n) is 12.6. The van der Waals surface area contributed by atoms with Crippen molar-refractivity contribution in [1.82, 2.24) is 24.5 Å². The highest BCUT2D eigenvalue weighted by atomic mass is 35.5. The quantitative estimate of drug-likeness (QED) is 0.361. The normalized spacial score (nSPS) is 11.8. The predicted molar refractivity (Wildman–Crippen MR) is 102 cm³/mol. The molecule has 10 heteroatoms. The zero-order valence-corrected chi connectivity index (χ0v) is 15.7. The molecule has 4 rings (SSSR count). The summed E-state index contributed by atoms with van der Waals surface area (Å²) in [6.45, 7) is 0. The van der Waals surface area contributed by atoms with Gasteiger partial charge in [-0.2, -0.15) is 19.4 Å². The number of halogens is 2. The Morgan fingerprint density at radius 3 is 2.96 bits per heavy atom. The van der Waals surface area contributed by atoms with Crippen LogP contribution in [0.3, 0.4) is 0 Å². The second kappa shape index (κ2) is 7.17. The van der Waals surface area contributed by atoms with Crippen molar-refractivity contribution < 1.29 is 0 Å². The molecule has 1 aromatic carbocycles. The molecular formula is C15H10Cl2N6S2. The zero-order chi connectivity index (χ0) is 17.2. The van der Waals surface area contributed by atoms with Crippen molar-refractivity contribution >= 4 is 58.3 Å². The van der Waals surface area contributed by atoms with E-state index in [0.717, 1.165) is 10.4 Å². The SMILES string of the molecule is Clc1ccc(CSc2nnc3n(N=Cc4cccs4)cnn23)c(Cl)c1. The number of rotatable bonds is 5. The third-order valence-electron chi connectivity index (χ3n) is 3.30. The molecule has 0 bridgehead atoms. The van der Waals surface area contributed by atoms with Gasteiger partial charge in [0.05, 0.1) is 6.21 Å². The molecule has 4 aromatic rings. The minimum absolute atomic E-state index is 0.553. The van der Waals surface area contributed by atoms with Crippen LogP contribution in [0, 0.1) is 0 Å². The summed E-state index contributed by atoms with van der Waals surface area (Å²) in [5, 5.41) is 20.9. The van der Waals surface area contributed by atoms with E-state index < -0.39 is 0 Å². The van der Waals surface area contributed by atoms with Crippen LogP contribution in [0.15, 0.2) is 52.3 Å². The van der Waals surface area contributed by atoms with Gasteiger partial charge in [-0.15, -0.1) is 21.5 Å². The van der Waals surface area contributed by atoms with Gasteiger partial charge in [0.25, 0.3) is 5.78 Å². The molecule has 0 spiro atoms. The van der Waals surface area contributed by atoms with Crippen LogP contribution in [0.4, 0.5) is 0 Å². The number of thiophene rings is 1. The number of thioether (sulfide) groups is 1. The molecule has 0 aliphatic carbocycles. The van der Waals surface area contributed by atoms with Crippen molar-refractivity contribution in [2.45, 2.75) is 10.9 Å². The van der Waals surface area contributed by atoms with Crippen LogP contribution in [-0.2, 0) is 5.75 Å². The fourth-order valence-electron chi connectivity index (χ4n) is 2.09. The topological polar surface area (TPSA) is 60.4 Å². The van der Waals surface area contributed by atoms with Crippen LogP contribution in [0.1, 0.15) is 10.4 Å². The maximum atomic E-state index is 6.20. The van der Waals surface area contributed by atoms with E-state index in [-0.39, 0.29) is 0 Å². The largest absolute Gasteiger partial charge is 0.275 e. The monoisotopic (exact) mass is 408 g/mol. The lowest BCUT2D eigenvalue weighted by Gasteiger charge is -2.02. The van der Waals surface area contributed by atoms with E-state index in [2.05, 4.69) is 20.4 Å². The van der Waals surface area contributed by atoms with Gasteiger partial charge in [0.1, 0.15) is 6.33 Å². The van der Waals surface area contributed by atoms with E-state index >= 15 is 0 Å². The molecule has 3 aromatic heterocycles. The smallest absolute Gasteiger partial charge is 0.184 e. The Kier molecular flexibility index (Phi) is 4.76. The van der Waals surface area contributed by atoms with Crippen molar-refractivity contribution in [3.05, 3.63) is 62.5 Å². The van der Waals surface area contributed by atoms with Crippen LogP contribution in [0.5, 0.6) is 0 Å². The van der Waals surface area contributed by atoms with Gasteiger partial charge in [0, 0.05) is 20.7 Å².